The van der Waals surface area contributed by atoms with Crippen molar-refractivity contribution in [2.45, 2.75) is 48.3 Å². The van der Waals surface area contributed by atoms with E-state index in [4.69, 9.17) is 32.4 Å². The maximum atomic E-state index is 13.3. The lowest BCUT2D eigenvalue weighted by Crippen LogP contribution is -2.23. The number of aliphatic imine (C=N–C) groups is 2. The molecule has 0 unspecified atom stereocenters. The molecule has 4 aromatic rings. The van der Waals surface area contributed by atoms with E-state index in [-0.39, 0.29) is 33.5 Å². The lowest BCUT2D eigenvalue weighted by Gasteiger charge is -2.10. The third-order valence-corrected chi connectivity index (χ3v) is 9.01. The Morgan fingerprint density at radius 3 is 1.14 bits per heavy atom. The molecule has 0 aliphatic heterocycles. The molecule has 0 aromatic heterocycles. The third-order valence-electron chi connectivity index (χ3n) is 7.23. The quantitative estimate of drug-likeness (QED) is 0.0464. The van der Waals surface area contributed by atoms with E-state index in [2.05, 4.69) is 20.6 Å². The largest absolute Gasteiger partial charge is 0.457 e. The molecule has 14 nitrogen and oxygen atoms in total. The molecule has 51 heavy (non-hydrogen) atoms. The predicted octanol–water partition coefficient (Wildman–Crippen LogP) is 4.87. The first-order valence-electron chi connectivity index (χ1n) is 16.2. The van der Waals surface area contributed by atoms with E-state index in [1.165, 1.54) is 24.3 Å². The van der Waals surface area contributed by atoms with E-state index in [9.17, 15) is 18.0 Å². The number of rotatable bonds is 18. The third kappa shape index (κ3) is 12.7. The van der Waals surface area contributed by atoms with Gasteiger partial charge in [-0.25, -0.2) is 8.42 Å². The summed E-state index contributed by atoms with van der Waals surface area (Å²) in [4.78, 5) is 32.3. The number of unbranched alkanes of at least 4 members (excludes halogenated alkanes) is 2. The van der Waals surface area contributed by atoms with E-state index in [0.29, 0.717) is 86.0 Å². The molecule has 15 heteroatoms. The zero-order valence-electron chi connectivity index (χ0n) is 28.0. The van der Waals surface area contributed by atoms with Crippen LogP contribution >= 0.6 is 0 Å². The van der Waals surface area contributed by atoms with Gasteiger partial charge in [0.25, 0.3) is 0 Å². The average Bonchev–Trinajstić information content (AvgIpc) is 3.10. The molecule has 268 valence electrons. The van der Waals surface area contributed by atoms with E-state index in [1.807, 2.05) is 0 Å². The second-order valence-corrected chi connectivity index (χ2v) is 13.3. The Hall–Kier alpha value is -6.09. The Bertz CT molecular complexity index is 1770. The number of nitrogens with zero attached hydrogens (tertiary/aromatic N) is 2. The number of benzene rings is 4. The molecule has 0 saturated heterocycles. The van der Waals surface area contributed by atoms with Crippen LogP contribution in [0, 0.1) is 0 Å². The van der Waals surface area contributed by atoms with Gasteiger partial charge in [0.15, 0.2) is 11.9 Å². The molecule has 0 heterocycles. The first-order chi connectivity index (χ1) is 24.5. The summed E-state index contributed by atoms with van der Waals surface area (Å²) in [6.45, 7) is 0.956. The molecule has 0 aliphatic carbocycles. The maximum absolute atomic E-state index is 13.3. The average molecular weight is 715 g/mol. The topological polar surface area (TPSA) is 240 Å². The zero-order chi connectivity index (χ0) is 36.6. The van der Waals surface area contributed by atoms with E-state index in [0.717, 1.165) is 0 Å². The Morgan fingerprint density at radius 1 is 0.510 bits per heavy atom. The second kappa shape index (κ2) is 18.6. The van der Waals surface area contributed by atoms with Crippen LogP contribution in [0.4, 0.5) is 11.4 Å². The summed E-state index contributed by atoms with van der Waals surface area (Å²) < 4.78 is 38.3. The predicted molar refractivity (Wildman–Crippen MR) is 198 cm³/mol. The molecular formula is C36H42N8O6S. The van der Waals surface area contributed by atoms with Crippen LogP contribution in [0.2, 0.25) is 0 Å². The number of nitrogens with one attached hydrogen (secondary N) is 2. The molecule has 2 amide bonds. The summed E-state index contributed by atoms with van der Waals surface area (Å²) in [7, 11) is -3.81. The van der Waals surface area contributed by atoms with Crippen molar-refractivity contribution in [2.24, 2.45) is 32.9 Å². The van der Waals surface area contributed by atoms with Gasteiger partial charge in [0.05, 0.1) is 9.79 Å². The summed E-state index contributed by atoms with van der Waals surface area (Å²) in [5.41, 5.74) is 22.4. The minimum Gasteiger partial charge on any atom is -0.457 e. The first kappa shape index (κ1) is 37.7. The lowest BCUT2D eigenvalue weighted by atomic mass is 10.2. The number of amides is 2. The molecule has 0 bridgehead atoms. The minimum atomic E-state index is -3.81. The highest BCUT2D eigenvalue weighted by molar-refractivity contribution is 7.91. The van der Waals surface area contributed by atoms with Crippen molar-refractivity contribution < 1.29 is 27.5 Å². The summed E-state index contributed by atoms with van der Waals surface area (Å²) >= 11 is 0. The normalized spacial score (nSPS) is 10.8. The standard InChI is InChI=1S/C36H42N8O6S/c37-35(38)41-23-3-1-5-33(45)43-25-7-11-27(12-8-25)49-29-15-19-31(20-16-29)51(47,48)32-21-17-30(18-22-32)50-28-13-9-26(10-14-28)44-34(46)6-2-4-24-42-36(39)40/h7-22H,1-6,23-24H2,(H,43,45)(H,44,46)(H4,37,38,41)(H4,39,40,42). The number of guanidine groups is 2. The van der Waals surface area contributed by atoms with Gasteiger partial charge in [-0.3, -0.25) is 19.6 Å². The second-order valence-electron chi connectivity index (χ2n) is 11.3. The maximum Gasteiger partial charge on any atom is 0.224 e. The molecule has 4 rings (SSSR count). The molecule has 0 aliphatic rings. The molecule has 0 fully saturated rings. The van der Waals surface area contributed by atoms with Gasteiger partial charge in [-0.1, -0.05) is 0 Å². The fraction of sp³-hybridized carbons (Fsp3) is 0.222. The minimum absolute atomic E-state index is 0.0350. The summed E-state index contributed by atoms with van der Waals surface area (Å²) in [5.74, 6) is 1.75. The van der Waals surface area contributed by atoms with Gasteiger partial charge in [0.2, 0.25) is 21.7 Å². The number of carbonyl (C=O) groups is 2. The first-order valence-corrected chi connectivity index (χ1v) is 17.7. The summed E-state index contributed by atoms with van der Waals surface area (Å²) in [5, 5.41) is 5.66. The van der Waals surface area contributed by atoms with Crippen molar-refractivity contribution in [1.82, 2.24) is 0 Å². The molecule has 0 spiro atoms. The smallest absolute Gasteiger partial charge is 0.224 e. The summed E-state index contributed by atoms with van der Waals surface area (Å²) in [6, 6.07) is 25.9. The number of sulfone groups is 1. The Morgan fingerprint density at radius 2 is 0.824 bits per heavy atom. The van der Waals surface area contributed by atoms with Crippen LogP contribution in [0.15, 0.2) is 117 Å². The van der Waals surface area contributed by atoms with Crippen LogP contribution in [-0.4, -0.2) is 45.2 Å². The lowest BCUT2D eigenvalue weighted by molar-refractivity contribution is -0.117. The fourth-order valence-corrected chi connectivity index (χ4v) is 5.91. The highest BCUT2D eigenvalue weighted by Crippen LogP contribution is 2.29. The zero-order valence-corrected chi connectivity index (χ0v) is 28.8. The van der Waals surface area contributed by atoms with Gasteiger partial charge < -0.3 is 43.0 Å². The molecule has 10 N–H and O–H groups in total. The van der Waals surface area contributed by atoms with Crippen LogP contribution in [0.25, 0.3) is 0 Å². The van der Waals surface area contributed by atoms with Crippen molar-refractivity contribution in [1.29, 1.82) is 0 Å². The molecule has 0 atom stereocenters. The summed E-state index contributed by atoms with van der Waals surface area (Å²) in [6.07, 6.45) is 3.40. The van der Waals surface area contributed by atoms with Crippen molar-refractivity contribution in [3.8, 4) is 23.0 Å². The van der Waals surface area contributed by atoms with Gasteiger partial charge in [0.1, 0.15) is 23.0 Å². The Balaban J connectivity index is 1.24. The van der Waals surface area contributed by atoms with Crippen LogP contribution in [0.5, 0.6) is 23.0 Å². The number of carbonyl (C=O) groups excluding carboxylic acids is 2. The van der Waals surface area contributed by atoms with Gasteiger partial charge in [-0.05, 0) is 123 Å². The van der Waals surface area contributed by atoms with Gasteiger partial charge in [-0.2, -0.15) is 0 Å². The number of nitrogens with two attached hydrogens (primary N) is 4. The number of ether oxygens (including phenoxy) is 2. The van der Waals surface area contributed by atoms with Crippen LogP contribution < -0.4 is 43.0 Å². The monoisotopic (exact) mass is 714 g/mol. The SMILES string of the molecule is NC(N)=NCCCCC(=O)Nc1ccc(Oc2ccc(S(=O)(=O)c3ccc(Oc4ccc(NC(=O)CCCCN=C(N)N)cc4)cc3)cc2)cc1. The van der Waals surface area contributed by atoms with Crippen molar-refractivity contribution in [2.75, 3.05) is 23.7 Å². The number of anilines is 2. The van der Waals surface area contributed by atoms with Crippen molar-refractivity contribution >= 4 is 44.9 Å². The van der Waals surface area contributed by atoms with E-state index in [1.54, 1.807) is 72.8 Å². The Labute approximate surface area is 296 Å². The fourth-order valence-electron chi connectivity index (χ4n) is 4.65. The molecule has 0 radical (unpaired) electrons. The van der Waals surface area contributed by atoms with Crippen LogP contribution in [0.3, 0.4) is 0 Å². The van der Waals surface area contributed by atoms with Crippen molar-refractivity contribution in [3.63, 3.8) is 0 Å². The number of hydrogen-bond donors (Lipinski definition) is 6. The van der Waals surface area contributed by atoms with Gasteiger partial charge in [-0.15, -0.1) is 0 Å². The highest BCUT2D eigenvalue weighted by atomic mass is 32.2. The van der Waals surface area contributed by atoms with Gasteiger partial charge in [0, 0.05) is 37.3 Å². The van der Waals surface area contributed by atoms with Crippen LogP contribution in [-0.2, 0) is 19.4 Å². The Kier molecular flexibility index (Phi) is 13.8. The van der Waals surface area contributed by atoms with E-state index < -0.39 is 9.84 Å². The number of hydrogen-bond acceptors (Lipinski definition) is 8. The molecule has 0 saturated carbocycles. The molecular weight excluding hydrogens is 673 g/mol. The van der Waals surface area contributed by atoms with Crippen molar-refractivity contribution in [3.05, 3.63) is 97.1 Å². The molecule has 4 aromatic carbocycles. The van der Waals surface area contributed by atoms with E-state index >= 15 is 0 Å². The van der Waals surface area contributed by atoms with Gasteiger partial charge >= 0.3 is 0 Å². The highest BCUT2D eigenvalue weighted by Gasteiger charge is 2.18. The van der Waals surface area contributed by atoms with Crippen LogP contribution in [0.1, 0.15) is 38.5 Å².